The number of likely N-dealkylation sites (tertiary alicyclic amines) is 1. The average Bonchev–Trinajstić information content (AvgIpc) is 3.34. The number of nitrogens with zero attached hydrogens (tertiary/aromatic N) is 4. The van der Waals surface area contributed by atoms with Gasteiger partial charge in [0.1, 0.15) is 5.82 Å². The van der Waals surface area contributed by atoms with Crippen molar-refractivity contribution in [2.45, 2.75) is 25.0 Å². The zero-order valence-electron chi connectivity index (χ0n) is 23.2. The predicted octanol–water partition coefficient (Wildman–Crippen LogP) is 5.60. The van der Waals surface area contributed by atoms with E-state index in [2.05, 4.69) is 15.3 Å². The van der Waals surface area contributed by atoms with Gasteiger partial charge in [-0.15, -0.1) is 0 Å². The van der Waals surface area contributed by atoms with E-state index in [-0.39, 0.29) is 23.3 Å². The molecule has 1 aliphatic rings. The van der Waals surface area contributed by atoms with Gasteiger partial charge in [-0.3, -0.25) is 18.7 Å². The fraction of sp³-hybridized carbons (Fsp3) is 0.267. The minimum absolute atomic E-state index is 0.0192. The lowest BCUT2D eigenvalue weighted by molar-refractivity contribution is 0.0939. The number of nitrogens with one attached hydrogen (secondary N) is 1. The lowest BCUT2D eigenvalue weighted by Gasteiger charge is -2.48. The normalized spacial score (nSPS) is 14.9. The minimum Gasteiger partial charge on any atom is -0.345 e. The van der Waals surface area contributed by atoms with Crippen LogP contribution in [0.2, 0.25) is 10.0 Å². The smallest absolute Gasteiger partial charge is 0.251 e. The van der Waals surface area contributed by atoms with Gasteiger partial charge in [-0.1, -0.05) is 47.5 Å². The summed E-state index contributed by atoms with van der Waals surface area (Å²) in [5.41, 5.74) is 2.87. The molecule has 5 rings (SSSR count). The average molecular weight is 631 g/mol. The maximum Gasteiger partial charge on any atom is 0.251 e. The standard InChI is InChI=1S/C30H30Cl2FN5O3S/c1-19(23-15-34-36(2)16-23)35-30(39)22-12-26(33)14-27(13-22)38(42(3,40)41)28-17-37(18-28)29(20-4-8-24(31)9-5-20)21-6-10-25(32)11-7-21/h4-16,19,28-29H,17-18H2,1-3H3,(H,35,39). The van der Waals surface area contributed by atoms with Crippen molar-refractivity contribution in [1.29, 1.82) is 0 Å². The molecule has 220 valence electrons. The molecular formula is C30H30Cl2FN5O3S. The Hall–Kier alpha value is -3.44. The first-order valence-corrected chi connectivity index (χ1v) is 15.8. The number of sulfonamides is 1. The molecular weight excluding hydrogens is 600 g/mol. The molecule has 1 saturated heterocycles. The van der Waals surface area contributed by atoms with Crippen molar-refractivity contribution in [1.82, 2.24) is 20.0 Å². The highest BCUT2D eigenvalue weighted by molar-refractivity contribution is 7.92. The Balaban J connectivity index is 1.40. The summed E-state index contributed by atoms with van der Waals surface area (Å²) in [5.74, 6) is -1.24. The molecule has 1 aliphatic heterocycles. The van der Waals surface area contributed by atoms with Crippen LogP contribution in [0, 0.1) is 5.82 Å². The number of anilines is 1. The van der Waals surface area contributed by atoms with Crippen LogP contribution in [0.3, 0.4) is 0 Å². The van der Waals surface area contributed by atoms with Gasteiger partial charge in [0, 0.05) is 47.5 Å². The van der Waals surface area contributed by atoms with Gasteiger partial charge in [-0.2, -0.15) is 5.10 Å². The Labute approximate surface area is 254 Å². The molecule has 42 heavy (non-hydrogen) atoms. The highest BCUT2D eigenvalue weighted by Crippen LogP contribution is 2.37. The van der Waals surface area contributed by atoms with Crippen molar-refractivity contribution in [3.8, 4) is 0 Å². The molecule has 1 N–H and O–H groups in total. The lowest BCUT2D eigenvalue weighted by atomic mass is 9.93. The number of benzene rings is 3. The number of hydrogen-bond donors (Lipinski definition) is 1. The summed E-state index contributed by atoms with van der Waals surface area (Å²) >= 11 is 12.3. The number of carbonyl (C=O) groups is 1. The Morgan fingerprint density at radius 1 is 1.00 bits per heavy atom. The van der Waals surface area contributed by atoms with Gasteiger partial charge in [0.2, 0.25) is 10.0 Å². The topological polar surface area (TPSA) is 87.5 Å². The third-order valence-corrected chi connectivity index (χ3v) is 9.02. The second-order valence-electron chi connectivity index (χ2n) is 10.5. The highest BCUT2D eigenvalue weighted by atomic mass is 35.5. The molecule has 0 radical (unpaired) electrons. The summed E-state index contributed by atoms with van der Waals surface area (Å²) in [6.45, 7) is 2.54. The molecule has 1 amide bonds. The monoisotopic (exact) mass is 629 g/mol. The van der Waals surface area contributed by atoms with E-state index in [9.17, 15) is 17.6 Å². The van der Waals surface area contributed by atoms with Gasteiger partial charge >= 0.3 is 0 Å². The molecule has 1 aromatic heterocycles. The van der Waals surface area contributed by atoms with Crippen LogP contribution in [0.15, 0.2) is 79.1 Å². The Kier molecular flexibility index (Phi) is 8.61. The summed E-state index contributed by atoms with van der Waals surface area (Å²) in [6, 6.07) is 17.6. The first kappa shape index (κ1) is 30.0. The Morgan fingerprint density at radius 3 is 2.07 bits per heavy atom. The van der Waals surface area contributed by atoms with Gasteiger partial charge in [0.25, 0.3) is 5.91 Å². The second kappa shape index (κ2) is 12.0. The molecule has 0 saturated carbocycles. The molecule has 1 unspecified atom stereocenters. The fourth-order valence-electron chi connectivity index (χ4n) is 5.28. The van der Waals surface area contributed by atoms with E-state index in [1.165, 1.54) is 10.4 Å². The Morgan fingerprint density at radius 2 is 1.57 bits per heavy atom. The lowest BCUT2D eigenvalue weighted by Crippen LogP contribution is -2.61. The van der Waals surface area contributed by atoms with Gasteiger partial charge < -0.3 is 5.32 Å². The van der Waals surface area contributed by atoms with E-state index < -0.39 is 27.8 Å². The second-order valence-corrected chi connectivity index (χ2v) is 13.2. The van der Waals surface area contributed by atoms with E-state index in [4.69, 9.17) is 23.2 Å². The summed E-state index contributed by atoms with van der Waals surface area (Å²) in [7, 11) is -2.06. The fourth-order valence-corrected chi connectivity index (χ4v) is 6.70. The largest absolute Gasteiger partial charge is 0.345 e. The third kappa shape index (κ3) is 6.62. The maximum absolute atomic E-state index is 14.9. The van der Waals surface area contributed by atoms with Gasteiger partial charge in [-0.05, 0) is 60.5 Å². The zero-order chi connectivity index (χ0) is 30.2. The van der Waals surface area contributed by atoms with Gasteiger partial charge in [0.05, 0.1) is 36.3 Å². The van der Waals surface area contributed by atoms with Crippen LogP contribution in [-0.2, 0) is 17.1 Å². The molecule has 1 fully saturated rings. The zero-order valence-corrected chi connectivity index (χ0v) is 25.5. The van der Waals surface area contributed by atoms with E-state index in [1.54, 1.807) is 31.0 Å². The molecule has 8 nitrogen and oxygen atoms in total. The minimum atomic E-state index is -3.83. The van der Waals surface area contributed by atoms with Crippen molar-refractivity contribution in [2.24, 2.45) is 7.05 Å². The molecule has 2 heterocycles. The number of aryl methyl sites for hydroxylation is 1. The molecule has 0 spiro atoms. The number of aromatic nitrogens is 2. The van der Waals surface area contributed by atoms with Crippen molar-refractivity contribution < 1.29 is 17.6 Å². The van der Waals surface area contributed by atoms with Crippen LogP contribution in [0.25, 0.3) is 0 Å². The van der Waals surface area contributed by atoms with Crippen LogP contribution in [0.1, 0.15) is 46.1 Å². The van der Waals surface area contributed by atoms with Crippen LogP contribution >= 0.6 is 23.2 Å². The van der Waals surface area contributed by atoms with Crippen LogP contribution in [-0.4, -0.2) is 54.4 Å². The number of carbonyl (C=O) groups excluding carboxylic acids is 1. The number of hydrogen-bond acceptors (Lipinski definition) is 5. The summed E-state index contributed by atoms with van der Waals surface area (Å²) in [4.78, 5) is 15.2. The van der Waals surface area contributed by atoms with E-state index in [0.717, 1.165) is 35.1 Å². The van der Waals surface area contributed by atoms with Crippen molar-refractivity contribution in [3.63, 3.8) is 0 Å². The van der Waals surface area contributed by atoms with Crippen LogP contribution in [0.5, 0.6) is 0 Å². The molecule has 0 bridgehead atoms. The number of halogens is 3. The maximum atomic E-state index is 14.9. The van der Waals surface area contributed by atoms with Crippen LogP contribution < -0.4 is 9.62 Å². The first-order chi connectivity index (χ1) is 19.9. The highest BCUT2D eigenvalue weighted by Gasteiger charge is 2.41. The van der Waals surface area contributed by atoms with Gasteiger partial charge in [-0.25, -0.2) is 12.8 Å². The van der Waals surface area contributed by atoms with E-state index >= 15 is 0 Å². The molecule has 3 aromatic carbocycles. The molecule has 12 heteroatoms. The Bertz CT molecular complexity index is 1650. The molecule has 0 aliphatic carbocycles. The van der Waals surface area contributed by atoms with Crippen LogP contribution in [0.4, 0.5) is 10.1 Å². The molecule has 4 aromatic rings. The van der Waals surface area contributed by atoms with Crippen molar-refractivity contribution in [3.05, 3.63) is 117 Å². The number of amides is 1. The third-order valence-electron chi connectivity index (χ3n) is 7.29. The summed E-state index contributed by atoms with van der Waals surface area (Å²) < 4.78 is 43.8. The molecule has 1 atom stereocenters. The van der Waals surface area contributed by atoms with E-state index in [1.807, 2.05) is 48.5 Å². The summed E-state index contributed by atoms with van der Waals surface area (Å²) in [6.07, 6.45) is 4.49. The van der Waals surface area contributed by atoms with E-state index in [0.29, 0.717) is 23.1 Å². The first-order valence-electron chi connectivity index (χ1n) is 13.2. The quantitative estimate of drug-likeness (QED) is 0.261. The summed E-state index contributed by atoms with van der Waals surface area (Å²) in [5, 5.41) is 8.16. The van der Waals surface area contributed by atoms with Crippen molar-refractivity contribution in [2.75, 3.05) is 23.7 Å². The predicted molar refractivity (Wildman–Crippen MR) is 163 cm³/mol. The van der Waals surface area contributed by atoms with Crippen molar-refractivity contribution >= 4 is 44.8 Å². The van der Waals surface area contributed by atoms with Gasteiger partial charge in [0.15, 0.2) is 0 Å². The SMILES string of the molecule is CC(NC(=O)c1cc(F)cc(N(C2CN(C(c3ccc(Cl)cc3)c3ccc(Cl)cc3)C2)S(C)(=O)=O)c1)c1cnn(C)c1. The number of rotatable bonds is 9.